The van der Waals surface area contributed by atoms with Crippen molar-refractivity contribution in [2.24, 2.45) is 10.7 Å². The fourth-order valence-electron chi connectivity index (χ4n) is 3.52. The Bertz CT molecular complexity index is 974. The molecule has 2 aliphatic rings. The lowest BCUT2D eigenvalue weighted by atomic mass is 9.93. The van der Waals surface area contributed by atoms with Crippen molar-refractivity contribution in [3.8, 4) is 28.7 Å². The summed E-state index contributed by atoms with van der Waals surface area (Å²) in [6, 6.07) is 15.3. The summed E-state index contributed by atoms with van der Waals surface area (Å²) in [4.78, 5) is 10.4. The zero-order valence-electron chi connectivity index (χ0n) is 16.6. The van der Waals surface area contributed by atoms with E-state index in [0.29, 0.717) is 30.2 Å². The zero-order valence-corrected chi connectivity index (χ0v) is 16.6. The van der Waals surface area contributed by atoms with E-state index in [2.05, 4.69) is 18.0 Å². The van der Waals surface area contributed by atoms with Crippen LogP contribution in [0.15, 0.2) is 47.5 Å². The largest absolute Gasteiger partial charge is 0.479 e. The monoisotopic (exact) mass is 392 g/mol. The van der Waals surface area contributed by atoms with Crippen LogP contribution in [0.1, 0.15) is 25.3 Å². The molecular formula is C22H24N4O3. The van der Waals surface area contributed by atoms with Crippen molar-refractivity contribution in [2.45, 2.75) is 31.5 Å². The van der Waals surface area contributed by atoms with Crippen LogP contribution in [0.5, 0.6) is 11.5 Å². The quantitative estimate of drug-likeness (QED) is 0.802. The molecule has 2 N–H and O–H groups in total. The molecule has 2 unspecified atom stereocenters. The summed E-state index contributed by atoms with van der Waals surface area (Å²) in [5.74, 6) is 1.42. The number of nitrogens with zero attached hydrogens (tertiary/aromatic N) is 3. The van der Waals surface area contributed by atoms with Crippen LogP contribution in [0.3, 0.4) is 0 Å². The molecule has 7 heteroatoms. The number of guanidine groups is 1. The predicted octanol–water partition coefficient (Wildman–Crippen LogP) is 3.10. The van der Waals surface area contributed by atoms with Gasteiger partial charge in [-0.3, -0.25) is 0 Å². The molecule has 7 nitrogen and oxygen atoms in total. The molecule has 1 saturated heterocycles. The maximum Gasteiger partial charge on any atom is 0.225 e. The summed E-state index contributed by atoms with van der Waals surface area (Å²) in [6.45, 7) is 2.90. The molecule has 2 atom stereocenters. The van der Waals surface area contributed by atoms with E-state index in [-0.39, 0.29) is 12.1 Å². The van der Waals surface area contributed by atoms with Crippen molar-refractivity contribution >= 4 is 5.96 Å². The van der Waals surface area contributed by atoms with Crippen LogP contribution in [0.4, 0.5) is 0 Å². The number of aliphatic imine (C=N–C) groups is 1. The van der Waals surface area contributed by atoms with E-state index in [1.54, 1.807) is 13.1 Å². The summed E-state index contributed by atoms with van der Waals surface area (Å²) in [6.07, 6.45) is 1.91. The molecule has 2 heterocycles. The molecule has 150 valence electrons. The summed E-state index contributed by atoms with van der Waals surface area (Å²) < 4.78 is 12.3. The molecule has 0 aliphatic carbocycles. The first kappa shape index (κ1) is 19.1. The highest BCUT2D eigenvalue weighted by Gasteiger charge is 2.39. The topological polar surface area (TPSA) is 93.1 Å². The molecular weight excluding hydrogens is 368 g/mol. The van der Waals surface area contributed by atoms with E-state index in [0.717, 1.165) is 24.0 Å². The predicted molar refractivity (Wildman–Crippen MR) is 109 cm³/mol. The Morgan fingerprint density at radius 2 is 2.03 bits per heavy atom. The fourth-order valence-corrected chi connectivity index (χ4v) is 3.52. The third kappa shape index (κ3) is 3.98. The highest BCUT2D eigenvalue weighted by atomic mass is 16.7. The van der Waals surface area contributed by atoms with Crippen LogP contribution >= 0.6 is 0 Å². The number of hydrogen-bond donors (Lipinski definition) is 1. The fraction of sp³-hybridized carbons (Fsp3) is 0.364. The molecule has 2 aromatic rings. The number of fused-ring (bicyclic) bond motifs is 1. The van der Waals surface area contributed by atoms with Crippen molar-refractivity contribution in [2.75, 3.05) is 20.2 Å². The Morgan fingerprint density at radius 3 is 2.79 bits per heavy atom. The lowest BCUT2D eigenvalue weighted by Gasteiger charge is -2.38. The van der Waals surface area contributed by atoms with Gasteiger partial charge in [-0.05, 0) is 55.2 Å². The van der Waals surface area contributed by atoms with E-state index in [4.69, 9.17) is 20.0 Å². The number of hydroxylamine groups is 2. The van der Waals surface area contributed by atoms with Gasteiger partial charge in [0.15, 0.2) is 17.1 Å². The van der Waals surface area contributed by atoms with Gasteiger partial charge in [0.25, 0.3) is 0 Å². The number of benzene rings is 2. The van der Waals surface area contributed by atoms with Crippen LogP contribution < -0.4 is 15.3 Å². The molecule has 1 spiro atoms. The van der Waals surface area contributed by atoms with Crippen LogP contribution in [-0.4, -0.2) is 42.9 Å². The summed E-state index contributed by atoms with van der Waals surface area (Å²) in [7, 11) is 1.71. The third-order valence-corrected chi connectivity index (χ3v) is 5.32. The summed E-state index contributed by atoms with van der Waals surface area (Å²) in [5.41, 5.74) is 7.95. The second kappa shape index (κ2) is 7.64. The van der Waals surface area contributed by atoms with Gasteiger partial charge in [-0.2, -0.15) is 10.3 Å². The minimum atomic E-state index is -0.581. The van der Waals surface area contributed by atoms with Gasteiger partial charge >= 0.3 is 0 Å². The van der Waals surface area contributed by atoms with Crippen LogP contribution in [0.2, 0.25) is 0 Å². The van der Waals surface area contributed by atoms with Crippen LogP contribution in [-0.2, 0) is 4.74 Å². The number of rotatable bonds is 1. The van der Waals surface area contributed by atoms with Gasteiger partial charge in [-0.15, -0.1) is 0 Å². The van der Waals surface area contributed by atoms with Crippen molar-refractivity contribution in [1.29, 1.82) is 5.26 Å². The number of ether oxygens (including phenoxy) is 2. The van der Waals surface area contributed by atoms with Gasteiger partial charge in [0, 0.05) is 7.05 Å². The molecule has 0 radical (unpaired) electrons. The van der Waals surface area contributed by atoms with E-state index in [1.807, 2.05) is 36.4 Å². The maximum absolute atomic E-state index is 9.18. The van der Waals surface area contributed by atoms with Crippen LogP contribution in [0.25, 0.3) is 11.1 Å². The van der Waals surface area contributed by atoms with E-state index in [1.165, 1.54) is 5.06 Å². The SMILES string of the molecule is CC1CCC2(CN=C(N)N(C)Oc3cc(-c4cccc(C#N)c4)ccc3O2)CO1. The average molecular weight is 392 g/mol. The molecule has 0 saturated carbocycles. The minimum Gasteiger partial charge on any atom is -0.479 e. The molecule has 1 fully saturated rings. The van der Waals surface area contributed by atoms with E-state index >= 15 is 0 Å². The Kier molecular flexibility index (Phi) is 5.03. The van der Waals surface area contributed by atoms with Crippen molar-refractivity contribution < 1.29 is 14.3 Å². The Labute approximate surface area is 170 Å². The van der Waals surface area contributed by atoms with Gasteiger partial charge in [0.1, 0.15) is 0 Å². The van der Waals surface area contributed by atoms with Crippen LogP contribution in [0, 0.1) is 11.3 Å². The molecule has 2 aromatic carbocycles. The Balaban J connectivity index is 1.74. The molecule has 29 heavy (non-hydrogen) atoms. The molecule has 0 bridgehead atoms. The van der Waals surface area contributed by atoms with Gasteiger partial charge < -0.3 is 20.0 Å². The van der Waals surface area contributed by atoms with Crippen molar-refractivity contribution in [3.63, 3.8) is 0 Å². The molecule has 4 rings (SSSR count). The number of hydrogen-bond acceptors (Lipinski definition) is 7. The van der Waals surface area contributed by atoms with E-state index < -0.39 is 5.60 Å². The minimum absolute atomic E-state index is 0.200. The van der Waals surface area contributed by atoms with Crippen molar-refractivity contribution in [1.82, 2.24) is 5.06 Å². The second-order valence-electron chi connectivity index (χ2n) is 7.56. The lowest BCUT2D eigenvalue weighted by Crippen LogP contribution is -2.49. The van der Waals surface area contributed by atoms with Gasteiger partial charge in [-0.25, -0.2) is 4.99 Å². The van der Waals surface area contributed by atoms with Gasteiger partial charge in [-0.1, -0.05) is 18.2 Å². The molecule has 0 amide bonds. The first-order valence-electron chi connectivity index (χ1n) is 9.65. The highest BCUT2D eigenvalue weighted by molar-refractivity contribution is 5.77. The lowest BCUT2D eigenvalue weighted by molar-refractivity contribution is -0.0946. The zero-order chi connectivity index (χ0) is 20.4. The third-order valence-electron chi connectivity index (χ3n) is 5.32. The van der Waals surface area contributed by atoms with E-state index in [9.17, 15) is 5.26 Å². The Morgan fingerprint density at radius 1 is 1.21 bits per heavy atom. The summed E-state index contributed by atoms with van der Waals surface area (Å²) in [5, 5.41) is 10.6. The standard InChI is InChI=1S/C22H24N4O3/c1-15-8-9-22(14-27-15)13-25-21(24)26(2)29-20-11-18(6-7-19(20)28-22)17-5-3-4-16(10-17)12-23/h3-7,10-11,15H,8-9,13-14H2,1-2H3,(H2,24,25). The first-order valence-corrected chi connectivity index (χ1v) is 9.65. The average Bonchev–Trinajstić information content (AvgIpc) is 2.79. The second-order valence-corrected chi connectivity index (χ2v) is 7.56. The molecule has 2 aliphatic heterocycles. The Hall–Kier alpha value is -3.24. The van der Waals surface area contributed by atoms with Crippen molar-refractivity contribution in [3.05, 3.63) is 48.0 Å². The normalized spacial score (nSPS) is 24.1. The summed E-state index contributed by atoms with van der Waals surface area (Å²) >= 11 is 0. The maximum atomic E-state index is 9.18. The highest BCUT2D eigenvalue weighted by Crippen LogP contribution is 2.38. The van der Waals surface area contributed by atoms with Gasteiger partial charge in [0.2, 0.25) is 5.96 Å². The van der Waals surface area contributed by atoms with Gasteiger partial charge in [0.05, 0.1) is 30.9 Å². The molecule has 0 aromatic heterocycles. The first-order chi connectivity index (χ1) is 14.0. The smallest absolute Gasteiger partial charge is 0.225 e. The number of nitriles is 1. The number of nitrogens with two attached hydrogens (primary N) is 1.